The Kier molecular flexibility index (Phi) is 2.66. The molecule has 1 heteroatoms. The maximum absolute atomic E-state index is 2.39. The molecule has 0 bridgehead atoms. The number of benzene rings is 1. The third-order valence-electron chi connectivity index (χ3n) is 2.89. The molecule has 0 aliphatic heterocycles. The van der Waals surface area contributed by atoms with Gasteiger partial charge in [0.2, 0.25) is 0 Å². The SMILES string of the molecule is C[Si](C)(C)c1ccc(C2=CC=CC2)cc1. The molecule has 78 valence electrons. The lowest BCUT2D eigenvalue weighted by Gasteiger charge is -2.16. The van der Waals surface area contributed by atoms with Crippen LogP contribution in [0.15, 0.2) is 42.5 Å². The summed E-state index contributed by atoms with van der Waals surface area (Å²) in [7, 11) is -1.13. The Morgan fingerprint density at radius 1 is 1.00 bits per heavy atom. The van der Waals surface area contributed by atoms with Gasteiger partial charge in [0.1, 0.15) is 0 Å². The van der Waals surface area contributed by atoms with Crippen molar-refractivity contribution in [1.82, 2.24) is 0 Å². The Balaban J connectivity index is 2.25. The van der Waals surface area contributed by atoms with Crippen molar-refractivity contribution in [1.29, 1.82) is 0 Å². The van der Waals surface area contributed by atoms with E-state index < -0.39 is 8.07 Å². The third-order valence-corrected chi connectivity index (χ3v) is 4.96. The molecule has 1 aliphatic rings. The molecule has 0 N–H and O–H groups in total. The van der Waals surface area contributed by atoms with Crippen molar-refractivity contribution in [2.45, 2.75) is 26.1 Å². The molecule has 0 amide bonds. The van der Waals surface area contributed by atoms with Gasteiger partial charge in [-0.3, -0.25) is 0 Å². The van der Waals surface area contributed by atoms with Crippen molar-refractivity contribution < 1.29 is 0 Å². The minimum Gasteiger partial charge on any atom is -0.0801 e. The number of rotatable bonds is 2. The van der Waals surface area contributed by atoms with Gasteiger partial charge in [-0.1, -0.05) is 67.3 Å². The van der Waals surface area contributed by atoms with Crippen LogP contribution in [0.25, 0.3) is 5.57 Å². The highest BCUT2D eigenvalue weighted by Gasteiger charge is 2.15. The molecule has 15 heavy (non-hydrogen) atoms. The van der Waals surface area contributed by atoms with E-state index in [1.807, 2.05) is 0 Å². The van der Waals surface area contributed by atoms with Crippen LogP contribution in [0.4, 0.5) is 0 Å². The zero-order valence-corrected chi connectivity index (χ0v) is 10.7. The van der Waals surface area contributed by atoms with Crippen LogP contribution in [0.1, 0.15) is 12.0 Å². The molecule has 0 radical (unpaired) electrons. The highest BCUT2D eigenvalue weighted by molar-refractivity contribution is 6.88. The summed E-state index contributed by atoms with van der Waals surface area (Å²) in [4.78, 5) is 0. The molecule has 0 fully saturated rings. The fourth-order valence-corrected chi connectivity index (χ4v) is 3.01. The molecule has 0 heterocycles. The van der Waals surface area contributed by atoms with Crippen LogP contribution in [0, 0.1) is 0 Å². The first-order valence-electron chi connectivity index (χ1n) is 5.54. The van der Waals surface area contributed by atoms with Crippen molar-refractivity contribution >= 4 is 18.8 Å². The van der Waals surface area contributed by atoms with E-state index in [0.717, 1.165) is 6.42 Å². The van der Waals surface area contributed by atoms with Crippen molar-refractivity contribution in [3.05, 3.63) is 48.1 Å². The van der Waals surface area contributed by atoms with E-state index in [-0.39, 0.29) is 0 Å². The number of allylic oxidation sites excluding steroid dienone is 4. The molecule has 0 saturated heterocycles. The molecule has 0 unspecified atom stereocenters. The van der Waals surface area contributed by atoms with Crippen LogP contribution in [-0.2, 0) is 0 Å². The first kappa shape index (κ1) is 10.4. The van der Waals surface area contributed by atoms with Crippen LogP contribution < -0.4 is 5.19 Å². The molecule has 2 rings (SSSR count). The predicted molar refractivity (Wildman–Crippen MR) is 71.2 cm³/mol. The van der Waals surface area contributed by atoms with Crippen LogP contribution in [0.5, 0.6) is 0 Å². The van der Waals surface area contributed by atoms with Gasteiger partial charge < -0.3 is 0 Å². The van der Waals surface area contributed by atoms with E-state index in [4.69, 9.17) is 0 Å². The lowest BCUT2D eigenvalue weighted by molar-refractivity contribution is 1.43. The standard InChI is InChI=1S/C14H18Si/c1-15(2,3)14-10-8-13(9-11-14)12-6-4-5-7-12/h4-6,8-11H,7H2,1-3H3. The first-order valence-corrected chi connectivity index (χ1v) is 9.04. The zero-order valence-electron chi connectivity index (χ0n) is 9.75. The Bertz CT molecular complexity index is 402. The molecule has 1 aliphatic carbocycles. The van der Waals surface area contributed by atoms with Crippen LogP contribution in [-0.4, -0.2) is 8.07 Å². The second-order valence-electron chi connectivity index (χ2n) is 5.15. The van der Waals surface area contributed by atoms with Crippen molar-refractivity contribution in [2.24, 2.45) is 0 Å². The Labute approximate surface area is 93.3 Å². The van der Waals surface area contributed by atoms with Gasteiger partial charge >= 0.3 is 0 Å². The van der Waals surface area contributed by atoms with Gasteiger partial charge in [-0.05, 0) is 17.6 Å². The van der Waals surface area contributed by atoms with E-state index in [0.29, 0.717) is 0 Å². The van der Waals surface area contributed by atoms with Crippen LogP contribution in [0.2, 0.25) is 19.6 Å². The predicted octanol–water partition coefficient (Wildman–Crippen LogP) is 3.58. The number of hydrogen-bond acceptors (Lipinski definition) is 0. The maximum atomic E-state index is 2.39. The van der Waals surface area contributed by atoms with Gasteiger partial charge in [0.05, 0.1) is 8.07 Å². The Morgan fingerprint density at radius 3 is 2.13 bits per heavy atom. The molecule has 0 saturated carbocycles. The molecule has 0 aromatic heterocycles. The normalized spacial score (nSPS) is 15.5. The van der Waals surface area contributed by atoms with Crippen LogP contribution >= 0.6 is 0 Å². The fourth-order valence-electron chi connectivity index (χ4n) is 1.85. The van der Waals surface area contributed by atoms with Crippen molar-refractivity contribution in [3.8, 4) is 0 Å². The summed E-state index contributed by atoms with van der Waals surface area (Å²) in [5.41, 5.74) is 2.82. The molecule has 1 aromatic carbocycles. The Morgan fingerprint density at radius 2 is 1.67 bits per heavy atom. The van der Waals surface area contributed by atoms with E-state index in [1.54, 1.807) is 0 Å². The largest absolute Gasteiger partial charge is 0.0801 e. The number of hydrogen-bond donors (Lipinski definition) is 0. The minimum absolute atomic E-state index is 1.09. The smallest absolute Gasteiger partial charge is 0.0775 e. The average molecular weight is 214 g/mol. The molecular weight excluding hydrogens is 196 g/mol. The fraction of sp³-hybridized carbons (Fsp3) is 0.286. The zero-order chi connectivity index (χ0) is 10.9. The summed E-state index contributed by atoms with van der Waals surface area (Å²) in [5.74, 6) is 0. The van der Waals surface area contributed by atoms with Gasteiger partial charge in [0.25, 0.3) is 0 Å². The van der Waals surface area contributed by atoms with Crippen LogP contribution in [0.3, 0.4) is 0 Å². The quantitative estimate of drug-likeness (QED) is 0.660. The summed E-state index contributed by atoms with van der Waals surface area (Å²) < 4.78 is 0. The summed E-state index contributed by atoms with van der Waals surface area (Å²) >= 11 is 0. The topological polar surface area (TPSA) is 0 Å². The molecule has 0 spiro atoms. The van der Waals surface area contributed by atoms with Gasteiger partial charge in [-0.2, -0.15) is 0 Å². The monoisotopic (exact) mass is 214 g/mol. The lowest BCUT2D eigenvalue weighted by Crippen LogP contribution is -2.37. The second kappa shape index (κ2) is 3.82. The summed E-state index contributed by atoms with van der Waals surface area (Å²) in [6.07, 6.45) is 7.65. The third kappa shape index (κ3) is 2.29. The Hall–Kier alpha value is -1.08. The minimum atomic E-state index is -1.13. The molecule has 0 atom stereocenters. The second-order valence-corrected chi connectivity index (χ2v) is 10.2. The average Bonchev–Trinajstić information content (AvgIpc) is 2.69. The summed E-state index contributed by atoms with van der Waals surface area (Å²) in [5, 5.41) is 1.54. The maximum Gasteiger partial charge on any atom is 0.0775 e. The van der Waals surface area contributed by atoms with Gasteiger partial charge in [0.15, 0.2) is 0 Å². The summed E-state index contributed by atoms with van der Waals surface area (Å²) in [6, 6.07) is 9.15. The van der Waals surface area contributed by atoms with E-state index >= 15 is 0 Å². The molecule has 1 aromatic rings. The van der Waals surface area contributed by atoms with Crippen molar-refractivity contribution in [2.75, 3.05) is 0 Å². The first-order chi connectivity index (χ1) is 7.07. The lowest BCUT2D eigenvalue weighted by atomic mass is 10.1. The van der Waals surface area contributed by atoms with Gasteiger partial charge in [-0.25, -0.2) is 0 Å². The van der Waals surface area contributed by atoms with E-state index in [1.165, 1.54) is 16.3 Å². The van der Waals surface area contributed by atoms with Crippen molar-refractivity contribution in [3.63, 3.8) is 0 Å². The molecule has 0 nitrogen and oxygen atoms in total. The highest BCUT2D eigenvalue weighted by Crippen LogP contribution is 2.22. The van der Waals surface area contributed by atoms with E-state index in [2.05, 4.69) is 62.1 Å². The molecular formula is C14H18Si. The van der Waals surface area contributed by atoms with Gasteiger partial charge in [0, 0.05) is 0 Å². The highest BCUT2D eigenvalue weighted by atomic mass is 28.3. The van der Waals surface area contributed by atoms with Gasteiger partial charge in [-0.15, -0.1) is 0 Å². The van der Waals surface area contributed by atoms with E-state index in [9.17, 15) is 0 Å². The summed E-state index contributed by atoms with van der Waals surface area (Å²) in [6.45, 7) is 7.16.